The van der Waals surface area contributed by atoms with E-state index in [2.05, 4.69) is 5.32 Å². The summed E-state index contributed by atoms with van der Waals surface area (Å²) >= 11 is 0. The number of nitrogens with one attached hydrogen (secondary N) is 1. The monoisotopic (exact) mass is 258 g/mol. The summed E-state index contributed by atoms with van der Waals surface area (Å²) in [5, 5.41) is 3.10. The highest BCUT2D eigenvalue weighted by Crippen LogP contribution is 2.03. The van der Waals surface area contributed by atoms with Gasteiger partial charge in [0.1, 0.15) is 0 Å². The molecule has 7 heteroatoms. The number of amides is 1. The third-order valence-corrected chi connectivity index (χ3v) is 2.26. The molecule has 0 spiro atoms. The Labute approximate surface area is 99.7 Å². The molecule has 1 rings (SSSR count). The highest BCUT2D eigenvalue weighted by Gasteiger charge is 2.20. The van der Waals surface area contributed by atoms with Crippen molar-refractivity contribution in [1.82, 2.24) is 10.2 Å². The lowest BCUT2D eigenvalue weighted by Gasteiger charge is -2.25. The molecule has 0 radical (unpaired) electrons. The lowest BCUT2D eigenvalue weighted by Crippen LogP contribution is -2.45. The zero-order chi connectivity index (χ0) is 11.3. The molecule has 1 saturated heterocycles. The molecule has 0 bridgehead atoms. The van der Waals surface area contributed by atoms with E-state index in [1.807, 2.05) is 0 Å². The number of nitrogens with zero attached hydrogens (tertiary/aromatic N) is 1. The van der Waals surface area contributed by atoms with E-state index in [0.29, 0.717) is 19.8 Å². The van der Waals surface area contributed by atoms with E-state index in [4.69, 9.17) is 4.74 Å². The fourth-order valence-corrected chi connectivity index (χ4v) is 1.43. The quantitative estimate of drug-likeness (QED) is 0.799. The third kappa shape index (κ3) is 5.58. The molecule has 16 heavy (non-hydrogen) atoms. The van der Waals surface area contributed by atoms with E-state index < -0.39 is 13.0 Å². The van der Waals surface area contributed by atoms with Crippen LogP contribution < -0.4 is 5.32 Å². The average molecular weight is 259 g/mol. The van der Waals surface area contributed by atoms with Gasteiger partial charge in [0.2, 0.25) is 5.91 Å². The second-order valence-corrected chi connectivity index (χ2v) is 3.60. The maximum absolute atomic E-state index is 12.0. The molecule has 96 valence electrons. The molecule has 4 nitrogen and oxygen atoms in total. The molecular weight excluding hydrogens is 242 g/mol. The maximum atomic E-state index is 12.0. The maximum Gasteiger partial charge on any atom is 0.255 e. The molecule has 1 atom stereocenters. The molecule has 1 aliphatic rings. The van der Waals surface area contributed by atoms with Gasteiger partial charge in [0.05, 0.1) is 19.8 Å². The van der Waals surface area contributed by atoms with Crippen molar-refractivity contribution in [2.24, 2.45) is 0 Å². The summed E-state index contributed by atoms with van der Waals surface area (Å²) in [6.45, 7) is 1.30. The van der Waals surface area contributed by atoms with Gasteiger partial charge in [0, 0.05) is 26.1 Å². The minimum Gasteiger partial charge on any atom is -0.378 e. The minimum absolute atomic E-state index is 0. The van der Waals surface area contributed by atoms with Crippen LogP contribution in [0.4, 0.5) is 8.78 Å². The summed E-state index contributed by atoms with van der Waals surface area (Å²) in [4.78, 5) is 12.5. The molecule has 1 amide bonds. The molecule has 1 fully saturated rings. The first-order chi connectivity index (χ1) is 7.09. The number of hydrogen-bond acceptors (Lipinski definition) is 3. The van der Waals surface area contributed by atoms with Crippen LogP contribution in [0, 0.1) is 0 Å². The van der Waals surface area contributed by atoms with Crippen LogP contribution in [0.15, 0.2) is 0 Å². The lowest BCUT2D eigenvalue weighted by atomic mass is 10.2. The van der Waals surface area contributed by atoms with E-state index in [9.17, 15) is 13.6 Å². The Morgan fingerprint density at radius 3 is 2.81 bits per heavy atom. The van der Waals surface area contributed by atoms with Crippen LogP contribution >= 0.6 is 12.4 Å². The smallest absolute Gasteiger partial charge is 0.255 e. The Hall–Kier alpha value is -0.460. The Morgan fingerprint density at radius 2 is 2.31 bits per heavy atom. The van der Waals surface area contributed by atoms with E-state index in [0.717, 1.165) is 4.90 Å². The van der Waals surface area contributed by atoms with E-state index >= 15 is 0 Å². The van der Waals surface area contributed by atoms with Crippen LogP contribution in [0.3, 0.4) is 0 Å². The predicted molar refractivity (Wildman–Crippen MR) is 58.1 cm³/mol. The van der Waals surface area contributed by atoms with Crippen molar-refractivity contribution in [2.45, 2.75) is 18.9 Å². The number of carbonyl (C=O) groups is 1. The molecule has 1 heterocycles. The van der Waals surface area contributed by atoms with Crippen molar-refractivity contribution in [3.63, 3.8) is 0 Å². The van der Waals surface area contributed by atoms with Gasteiger partial charge in [-0.05, 0) is 0 Å². The summed E-state index contributed by atoms with van der Waals surface area (Å²) in [5.41, 5.74) is 0. The topological polar surface area (TPSA) is 41.6 Å². The Balaban J connectivity index is 0.00000225. The van der Waals surface area contributed by atoms with Crippen LogP contribution in [-0.4, -0.2) is 56.6 Å². The Bertz CT molecular complexity index is 214. The van der Waals surface area contributed by atoms with Gasteiger partial charge in [-0.2, -0.15) is 0 Å². The SMILES string of the molecule is CN(CC(F)F)C(=O)CC1COCCN1.Cl. The van der Waals surface area contributed by atoms with E-state index in [1.54, 1.807) is 0 Å². The van der Waals surface area contributed by atoms with Crippen molar-refractivity contribution in [3.05, 3.63) is 0 Å². The third-order valence-electron chi connectivity index (χ3n) is 2.26. The number of ether oxygens (including phenoxy) is 1. The molecule has 1 unspecified atom stereocenters. The van der Waals surface area contributed by atoms with Crippen molar-refractivity contribution >= 4 is 18.3 Å². The normalized spacial score (nSPS) is 20.4. The molecule has 1 N–H and O–H groups in total. The number of rotatable bonds is 4. The molecule has 0 aromatic carbocycles. The van der Waals surface area contributed by atoms with Gasteiger partial charge < -0.3 is 15.0 Å². The summed E-state index contributed by atoms with van der Waals surface area (Å²) in [6.07, 6.45) is -2.27. The molecule has 1 aliphatic heterocycles. The van der Waals surface area contributed by atoms with Crippen molar-refractivity contribution < 1.29 is 18.3 Å². The minimum atomic E-state index is -2.48. The van der Waals surface area contributed by atoms with Gasteiger partial charge in [-0.15, -0.1) is 12.4 Å². The Morgan fingerprint density at radius 1 is 1.62 bits per heavy atom. The lowest BCUT2D eigenvalue weighted by molar-refractivity contribution is -0.132. The van der Waals surface area contributed by atoms with Gasteiger partial charge in [0.15, 0.2) is 0 Å². The van der Waals surface area contributed by atoms with E-state index in [-0.39, 0.29) is 30.8 Å². The zero-order valence-electron chi connectivity index (χ0n) is 9.12. The Kier molecular flexibility index (Phi) is 7.53. The largest absolute Gasteiger partial charge is 0.378 e. The fourth-order valence-electron chi connectivity index (χ4n) is 1.43. The summed E-state index contributed by atoms with van der Waals surface area (Å²) in [5.74, 6) is -0.279. The van der Waals surface area contributed by atoms with Gasteiger partial charge in [-0.3, -0.25) is 4.79 Å². The summed E-state index contributed by atoms with van der Waals surface area (Å²) in [6, 6.07) is -0.0497. The number of alkyl halides is 2. The van der Waals surface area contributed by atoms with Crippen LogP contribution in [0.1, 0.15) is 6.42 Å². The van der Waals surface area contributed by atoms with Gasteiger partial charge in [-0.25, -0.2) is 8.78 Å². The second kappa shape index (κ2) is 7.76. The second-order valence-electron chi connectivity index (χ2n) is 3.60. The van der Waals surface area contributed by atoms with E-state index in [1.165, 1.54) is 7.05 Å². The zero-order valence-corrected chi connectivity index (χ0v) is 9.93. The average Bonchev–Trinajstić information content (AvgIpc) is 2.18. The molecule has 0 saturated carbocycles. The van der Waals surface area contributed by atoms with Crippen molar-refractivity contribution in [3.8, 4) is 0 Å². The van der Waals surface area contributed by atoms with Gasteiger partial charge >= 0.3 is 0 Å². The predicted octanol–water partition coefficient (Wildman–Crippen LogP) is 0.510. The first-order valence-electron chi connectivity index (χ1n) is 4.93. The van der Waals surface area contributed by atoms with Gasteiger partial charge in [-0.1, -0.05) is 0 Å². The van der Waals surface area contributed by atoms with Crippen LogP contribution in [-0.2, 0) is 9.53 Å². The molecule has 0 aromatic rings. The first kappa shape index (κ1) is 15.5. The summed E-state index contributed by atoms with van der Waals surface area (Å²) in [7, 11) is 1.39. The highest BCUT2D eigenvalue weighted by molar-refractivity contribution is 5.85. The molecule has 0 aromatic heterocycles. The van der Waals surface area contributed by atoms with Gasteiger partial charge in [0.25, 0.3) is 6.43 Å². The number of carbonyl (C=O) groups excluding carboxylic acids is 1. The van der Waals surface area contributed by atoms with Crippen LogP contribution in [0.5, 0.6) is 0 Å². The molecule has 0 aliphatic carbocycles. The number of morpholine rings is 1. The standard InChI is InChI=1S/C9H16F2N2O2.ClH/c1-13(5-8(10)11)9(14)4-7-6-15-3-2-12-7;/h7-8,12H,2-6H2,1H3;1H. The molecular formula is C9H17ClF2N2O2. The van der Waals surface area contributed by atoms with Crippen LogP contribution in [0.2, 0.25) is 0 Å². The van der Waals surface area contributed by atoms with Crippen LogP contribution in [0.25, 0.3) is 0 Å². The highest BCUT2D eigenvalue weighted by atomic mass is 35.5. The number of halogens is 3. The van der Waals surface area contributed by atoms with Crippen molar-refractivity contribution in [1.29, 1.82) is 0 Å². The fraction of sp³-hybridized carbons (Fsp3) is 0.889. The summed E-state index contributed by atoms with van der Waals surface area (Å²) < 4.78 is 29.1. The van der Waals surface area contributed by atoms with Crippen molar-refractivity contribution in [2.75, 3.05) is 33.4 Å². The number of hydrogen-bond donors (Lipinski definition) is 1. The first-order valence-corrected chi connectivity index (χ1v) is 4.93.